The summed E-state index contributed by atoms with van der Waals surface area (Å²) in [6.45, 7) is 0.956. The Morgan fingerprint density at radius 2 is 1.94 bits per heavy atom. The van der Waals surface area contributed by atoms with E-state index in [9.17, 15) is 26.7 Å². The summed E-state index contributed by atoms with van der Waals surface area (Å²) in [6, 6.07) is 0.541. The van der Waals surface area contributed by atoms with Gasteiger partial charge in [0.2, 0.25) is 0 Å². The first-order chi connectivity index (χ1) is 7.64. The predicted octanol–water partition coefficient (Wildman–Crippen LogP) is 3.04. The lowest BCUT2D eigenvalue weighted by molar-refractivity contribution is -0.141. The summed E-state index contributed by atoms with van der Waals surface area (Å²) >= 11 is 0. The first-order valence-electron chi connectivity index (χ1n) is 4.24. The number of carboxylic acids is 1. The van der Waals surface area contributed by atoms with Gasteiger partial charge in [0.25, 0.3) is 6.43 Å². The van der Waals surface area contributed by atoms with Crippen molar-refractivity contribution >= 4 is 5.97 Å². The molecule has 1 N–H and O–H groups in total. The zero-order chi connectivity index (χ0) is 13.4. The molecule has 1 aromatic rings. The van der Waals surface area contributed by atoms with Gasteiger partial charge in [-0.3, -0.25) is 0 Å². The fraction of sp³-hybridized carbons (Fsp3) is 0.333. The van der Waals surface area contributed by atoms with Crippen molar-refractivity contribution < 1.29 is 31.9 Å². The number of rotatable bonds is 2. The maximum absolute atomic E-state index is 12.4. The number of halogens is 5. The maximum Gasteiger partial charge on any atom is 0.433 e. The standard InChI is InChI=1S/C9H6F5NO2/c1-3-2-4(8(16)17)5(7(10)11)15-6(3)9(12,13)14/h2,7H,1H3,(H,16,17). The summed E-state index contributed by atoms with van der Waals surface area (Å²) in [5.41, 5.74) is -4.32. The fourth-order valence-electron chi connectivity index (χ4n) is 1.25. The summed E-state index contributed by atoms with van der Waals surface area (Å²) in [4.78, 5) is 13.3. The molecule has 0 unspecified atom stereocenters. The van der Waals surface area contributed by atoms with Gasteiger partial charge in [0, 0.05) is 0 Å². The third kappa shape index (κ3) is 2.69. The van der Waals surface area contributed by atoms with Crippen molar-refractivity contribution in [3.8, 4) is 0 Å². The van der Waals surface area contributed by atoms with Crippen molar-refractivity contribution in [2.24, 2.45) is 0 Å². The number of hydrogen-bond acceptors (Lipinski definition) is 2. The third-order valence-electron chi connectivity index (χ3n) is 1.95. The molecule has 0 aliphatic heterocycles. The van der Waals surface area contributed by atoms with Crippen LogP contribution in [0.3, 0.4) is 0 Å². The minimum absolute atomic E-state index is 0.515. The van der Waals surface area contributed by atoms with Gasteiger partial charge in [0.15, 0.2) is 0 Å². The van der Waals surface area contributed by atoms with Crippen LogP contribution in [0.25, 0.3) is 0 Å². The molecule has 0 aromatic carbocycles. The smallest absolute Gasteiger partial charge is 0.433 e. The van der Waals surface area contributed by atoms with Crippen molar-refractivity contribution in [3.05, 3.63) is 28.6 Å². The first kappa shape index (κ1) is 13.3. The van der Waals surface area contributed by atoms with Gasteiger partial charge in [-0.2, -0.15) is 13.2 Å². The van der Waals surface area contributed by atoms with Gasteiger partial charge in [0.05, 0.1) is 5.56 Å². The van der Waals surface area contributed by atoms with Crippen molar-refractivity contribution in [2.45, 2.75) is 19.5 Å². The van der Waals surface area contributed by atoms with Crippen LogP contribution in [0.4, 0.5) is 22.0 Å². The molecule has 94 valence electrons. The largest absolute Gasteiger partial charge is 0.478 e. The predicted molar refractivity (Wildman–Crippen MR) is 45.9 cm³/mol. The first-order valence-corrected chi connectivity index (χ1v) is 4.24. The van der Waals surface area contributed by atoms with Gasteiger partial charge < -0.3 is 5.11 Å². The molecule has 0 saturated heterocycles. The van der Waals surface area contributed by atoms with Gasteiger partial charge in [-0.25, -0.2) is 18.6 Å². The molecule has 0 spiro atoms. The van der Waals surface area contributed by atoms with Gasteiger partial charge in [-0.15, -0.1) is 0 Å². The minimum atomic E-state index is -4.90. The molecule has 0 atom stereocenters. The highest BCUT2D eigenvalue weighted by Gasteiger charge is 2.36. The summed E-state index contributed by atoms with van der Waals surface area (Å²) in [5, 5.41) is 8.58. The van der Waals surface area contributed by atoms with Crippen LogP contribution in [0.15, 0.2) is 6.07 Å². The second kappa shape index (κ2) is 4.27. The molecule has 0 saturated carbocycles. The van der Waals surface area contributed by atoms with Crippen LogP contribution in [0.1, 0.15) is 33.7 Å². The number of aromatic carboxylic acids is 1. The average Bonchev–Trinajstić information content (AvgIpc) is 2.14. The number of nitrogens with zero attached hydrogens (tertiary/aromatic N) is 1. The third-order valence-corrected chi connectivity index (χ3v) is 1.95. The highest BCUT2D eigenvalue weighted by atomic mass is 19.4. The molecule has 17 heavy (non-hydrogen) atoms. The van der Waals surface area contributed by atoms with E-state index in [1.165, 1.54) is 0 Å². The van der Waals surface area contributed by atoms with Crippen molar-refractivity contribution in [1.82, 2.24) is 4.98 Å². The molecule has 1 aromatic heterocycles. The highest BCUT2D eigenvalue weighted by Crippen LogP contribution is 2.33. The number of carbonyl (C=O) groups is 1. The van der Waals surface area contributed by atoms with E-state index in [4.69, 9.17) is 5.11 Å². The summed E-state index contributed by atoms with van der Waals surface area (Å²) in [5.74, 6) is -1.75. The van der Waals surface area contributed by atoms with Crippen molar-refractivity contribution in [3.63, 3.8) is 0 Å². The number of aromatic nitrogens is 1. The second-order valence-corrected chi connectivity index (χ2v) is 3.19. The second-order valence-electron chi connectivity index (χ2n) is 3.19. The molecular formula is C9H6F5NO2. The summed E-state index contributed by atoms with van der Waals surface area (Å²) in [7, 11) is 0. The molecule has 1 rings (SSSR count). The van der Waals surface area contributed by atoms with Crippen LogP contribution in [0, 0.1) is 6.92 Å². The fourth-order valence-corrected chi connectivity index (χ4v) is 1.25. The Bertz CT molecular complexity index is 455. The number of aryl methyl sites for hydroxylation is 1. The molecule has 1 heterocycles. The Kier molecular flexibility index (Phi) is 3.35. The van der Waals surface area contributed by atoms with E-state index in [-0.39, 0.29) is 0 Å². The topological polar surface area (TPSA) is 50.2 Å². The van der Waals surface area contributed by atoms with Gasteiger partial charge in [-0.05, 0) is 18.6 Å². The normalized spacial score (nSPS) is 11.9. The Hall–Kier alpha value is -1.73. The zero-order valence-corrected chi connectivity index (χ0v) is 8.35. The lowest BCUT2D eigenvalue weighted by Gasteiger charge is -2.12. The van der Waals surface area contributed by atoms with E-state index in [1.807, 2.05) is 0 Å². The SMILES string of the molecule is Cc1cc(C(=O)O)c(C(F)F)nc1C(F)(F)F. The lowest BCUT2D eigenvalue weighted by atomic mass is 10.1. The number of hydrogen-bond donors (Lipinski definition) is 1. The van der Waals surface area contributed by atoms with E-state index in [2.05, 4.69) is 4.98 Å². The molecule has 3 nitrogen and oxygen atoms in total. The molecule has 0 aliphatic rings. The molecule has 0 aliphatic carbocycles. The number of pyridine rings is 1. The monoisotopic (exact) mass is 255 g/mol. The van der Waals surface area contributed by atoms with Gasteiger partial charge in [-0.1, -0.05) is 0 Å². The van der Waals surface area contributed by atoms with Gasteiger partial charge in [0.1, 0.15) is 11.4 Å². The van der Waals surface area contributed by atoms with Crippen LogP contribution < -0.4 is 0 Å². The number of alkyl halides is 5. The van der Waals surface area contributed by atoms with Crippen LogP contribution in [0.5, 0.6) is 0 Å². The molecule has 8 heteroatoms. The van der Waals surface area contributed by atoms with E-state index >= 15 is 0 Å². The van der Waals surface area contributed by atoms with Gasteiger partial charge >= 0.3 is 12.1 Å². The molecule has 0 radical (unpaired) electrons. The molecule has 0 bridgehead atoms. The Morgan fingerprint density at radius 3 is 2.29 bits per heavy atom. The Morgan fingerprint density at radius 1 is 1.41 bits per heavy atom. The van der Waals surface area contributed by atoms with E-state index < -0.39 is 41.1 Å². The van der Waals surface area contributed by atoms with E-state index in [0.717, 1.165) is 6.92 Å². The minimum Gasteiger partial charge on any atom is -0.478 e. The Balaban J connectivity index is 3.51. The van der Waals surface area contributed by atoms with E-state index in [1.54, 1.807) is 0 Å². The maximum atomic E-state index is 12.4. The average molecular weight is 255 g/mol. The highest BCUT2D eigenvalue weighted by molar-refractivity contribution is 5.89. The molecular weight excluding hydrogens is 249 g/mol. The van der Waals surface area contributed by atoms with Crippen molar-refractivity contribution in [1.29, 1.82) is 0 Å². The summed E-state index contributed by atoms with van der Waals surface area (Å²) in [6.07, 6.45) is -8.28. The van der Waals surface area contributed by atoms with E-state index in [0.29, 0.717) is 6.07 Å². The van der Waals surface area contributed by atoms with Crippen molar-refractivity contribution in [2.75, 3.05) is 0 Å². The number of carboxylic acid groups (broad SMARTS) is 1. The zero-order valence-electron chi connectivity index (χ0n) is 8.35. The molecule has 0 amide bonds. The van der Waals surface area contributed by atoms with Crippen LogP contribution in [0.2, 0.25) is 0 Å². The quantitative estimate of drug-likeness (QED) is 0.826. The lowest BCUT2D eigenvalue weighted by Crippen LogP contribution is -2.16. The van der Waals surface area contributed by atoms with Crippen LogP contribution in [-0.4, -0.2) is 16.1 Å². The van der Waals surface area contributed by atoms with Crippen LogP contribution in [-0.2, 0) is 6.18 Å². The molecule has 0 fully saturated rings. The Labute approximate surface area is 91.9 Å². The van der Waals surface area contributed by atoms with Crippen LogP contribution >= 0.6 is 0 Å². The summed E-state index contributed by atoms with van der Waals surface area (Å²) < 4.78 is 61.9.